The number of ether oxygens (including phenoxy) is 2. The van der Waals surface area contributed by atoms with Gasteiger partial charge in [0.1, 0.15) is 11.3 Å². The van der Waals surface area contributed by atoms with Crippen molar-refractivity contribution in [2.75, 3.05) is 19.0 Å². The summed E-state index contributed by atoms with van der Waals surface area (Å²) in [5.41, 5.74) is 1.98. The number of hydrogen-bond acceptors (Lipinski definition) is 4. The Hall–Kier alpha value is -2.53. The maximum Gasteiger partial charge on any atom is 0.341 e. The smallest absolute Gasteiger partial charge is 0.341 e. The fourth-order valence-corrected chi connectivity index (χ4v) is 2.03. The summed E-state index contributed by atoms with van der Waals surface area (Å²) in [6.45, 7) is 1.71. The molecule has 0 unspecified atom stereocenters. The van der Waals surface area contributed by atoms with Crippen LogP contribution in [0.4, 0.5) is 5.69 Å². The summed E-state index contributed by atoms with van der Waals surface area (Å²) in [4.78, 5) is 23.6. The zero-order valence-electron chi connectivity index (χ0n) is 12.8. The Labute approximate surface area is 139 Å². The molecule has 6 heteroatoms. The number of anilines is 1. The highest BCUT2D eigenvalue weighted by Crippen LogP contribution is 2.24. The van der Waals surface area contributed by atoms with Gasteiger partial charge in [0.15, 0.2) is 6.61 Å². The molecule has 23 heavy (non-hydrogen) atoms. The molecular weight excluding hydrogens is 318 g/mol. The van der Waals surface area contributed by atoms with Crippen LogP contribution in [-0.2, 0) is 9.53 Å². The van der Waals surface area contributed by atoms with Gasteiger partial charge in [-0.05, 0) is 37.3 Å². The summed E-state index contributed by atoms with van der Waals surface area (Å²) in [5, 5.41) is 3.10. The van der Waals surface area contributed by atoms with Crippen LogP contribution in [0.1, 0.15) is 15.9 Å². The Morgan fingerprint density at radius 1 is 1.13 bits per heavy atom. The summed E-state index contributed by atoms with van der Waals surface area (Å²) >= 11 is 5.89. The number of halogens is 1. The fraction of sp³-hybridized carbons (Fsp3) is 0.176. The van der Waals surface area contributed by atoms with E-state index in [0.29, 0.717) is 10.7 Å². The number of carbonyl (C=O) groups is 2. The molecule has 1 N–H and O–H groups in total. The van der Waals surface area contributed by atoms with E-state index in [9.17, 15) is 9.59 Å². The van der Waals surface area contributed by atoms with Gasteiger partial charge in [0.2, 0.25) is 0 Å². The minimum atomic E-state index is -0.560. The van der Waals surface area contributed by atoms with Crippen LogP contribution in [0.5, 0.6) is 5.75 Å². The van der Waals surface area contributed by atoms with Crippen LogP contribution in [0.25, 0.3) is 0 Å². The van der Waals surface area contributed by atoms with Gasteiger partial charge >= 0.3 is 5.97 Å². The van der Waals surface area contributed by atoms with Crippen LogP contribution in [0.2, 0.25) is 5.02 Å². The second-order valence-corrected chi connectivity index (χ2v) is 5.27. The van der Waals surface area contributed by atoms with Gasteiger partial charge in [0.25, 0.3) is 5.91 Å². The number of carbonyl (C=O) groups excluding carboxylic acids is 2. The van der Waals surface area contributed by atoms with Crippen molar-refractivity contribution >= 4 is 29.2 Å². The quantitative estimate of drug-likeness (QED) is 0.851. The second-order valence-electron chi connectivity index (χ2n) is 4.83. The molecule has 0 aliphatic rings. The minimum Gasteiger partial charge on any atom is -0.483 e. The van der Waals surface area contributed by atoms with Gasteiger partial charge in [-0.15, -0.1) is 0 Å². The van der Waals surface area contributed by atoms with E-state index in [4.69, 9.17) is 16.3 Å². The van der Waals surface area contributed by atoms with Crippen molar-refractivity contribution in [1.82, 2.24) is 0 Å². The molecule has 2 aromatic carbocycles. The van der Waals surface area contributed by atoms with E-state index in [1.165, 1.54) is 19.2 Å². The Morgan fingerprint density at radius 2 is 1.83 bits per heavy atom. The van der Waals surface area contributed by atoms with Crippen molar-refractivity contribution in [3.63, 3.8) is 0 Å². The standard InChI is InChI=1S/C17H16ClNO4/c1-11-3-6-13(7-4-11)19-16(20)10-23-15-9-12(18)5-8-14(15)17(21)22-2/h3-9H,10H2,1-2H3,(H,19,20). The predicted molar refractivity (Wildman–Crippen MR) is 88.1 cm³/mol. The lowest BCUT2D eigenvalue weighted by Crippen LogP contribution is -2.21. The molecule has 0 aliphatic heterocycles. The van der Waals surface area contributed by atoms with Crippen molar-refractivity contribution in [1.29, 1.82) is 0 Å². The Bertz CT molecular complexity index is 713. The molecule has 0 bridgehead atoms. The van der Waals surface area contributed by atoms with Gasteiger partial charge in [0.05, 0.1) is 7.11 Å². The number of nitrogens with one attached hydrogen (secondary N) is 1. The molecule has 0 spiro atoms. The molecule has 0 fully saturated rings. The molecule has 0 radical (unpaired) electrons. The van der Waals surface area contributed by atoms with Crippen LogP contribution >= 0.6 is 11.6 Å². The zero-order chi connectivity index (χ0) is 16.8. The Kier molecular flexibility index (Phi) is 5.60. The average Bonchev–Trinajstić information content (AvgIpc) is 2.54. The first kappa shape index (κ1) is 16.8. The predicted octanol–water partition coefficient (Wildman–Crippen LogP) is 3.45. The van der Waals surface area contributed by atoms with Crippen LogP contribution in [0.15, 0.2) is 42.5 Å². The first-order valence-electron chi connectivity index (χ1n) is 6.87. The lowest BCUT2D eigenvalue weighted by Gasteiger charge is -2.11. The Balaban J connectivity index is 2.02. The number of aryl methyl sites for hydroxylation is 1. The number of hydrogen-bond donors (Lipinski definition) is 1. The lowest BCUT2D eigenvalue weighted by atomic mass is 10.2. The number of methoxy groups -OCH3 is 1. The second kappa shape index (κ2) is 7.65. The number of benzene rings is 2. The molecule has 0 aliphatic carbocycles. The van der Waals surface area contributed by atoms with E-state index in [-0.39, 0.29) is 23.8 Å². The summed E-state index contributed by atoms with van der Waals surface area (Å²) in [7, 11) is 1.27. The van der Waals surface area contributed by atoms with Crippen LogP contribution < -0.4 is 10.1 Å². The highest BCUT2D eigenvalue weighted by Gasteiger charge is 2.15. The highest BCUT2D eigenvalue weighted by atomic mass is 35.5. The maximum atomic E-state index is 11.9. The van der Waals surface area contributed by atoms with Crippen molar-refractivity contribution in [3.05, 3.63) is 58.6 Å². The topological polar surface area (TPSA) is 64.6 Å². The molecule has 0 saturated carbocycles. The van der Waals surface area contributed by atoms with E-state index in [1.807, 2.05) is 19.1 Å². The largest absolute Gasteiger partial charge is 0.483 e. The summed E-state index contributed by atoms with van der Waals surface area (Å²) in [6, 6.07) is 11.9. The first-order chi connectivity index (χ1) is 11.0. The third-order valence-electron chi connectivity index (χ3n) is 3.04. The van der Waals surface area contributed by atoms with Gasteiger partial charge in [-0.2, -0.15) is 0 Å². The van der Waals surface area contributed by atoms with E-state index < -0.39 is 5.97 Å². The average molecular weight is 334 g/mol. The number of amides is 1. The summed E-state index contributed by atoms with van der Waals surface area (Å²) in [6.07, 6.45) is 0. The molecule has 5 nitrogen and oxygen atoms in total. The van der Waals surface area contributed by atoms with Crippen LogP contribution in [0.3, 0.4) is 0 Å². The van der Waals surface area contributed by atoms with Gasteiger partial charge in [-0.1, -0.05) is 29.3 Å². The van der Waals surface area contributed by atoms with E-state index >= 15 is 0 Å². The van der Waals surface area contributed by atoms with Crippen LogP contribution in [0, 0.1) is 6.92 Å². The zero-order valence-corrected chi connectivity index (χ0v) is 13.5. The summed E-state index contributed by atoms with van der Waals surface area (Å²) < 4.78 is 10.1. The molecule has 120 valence electrons. The van der Waals surface area contributed by atoms with Crippen LogP contribution in [-0.4, -0.2) is 25.6 Å². The maximum absolute atomic E-state index is 11.9. The molecule has 0 aromatic heterocycles. The van der Waals surface area contributed by atoms with Gasteiger partial charge in [-0.25, -0.2) is 4.79 Å². The monoisotopic (exact) mass is 333 g/mol. The first-order valence-corrected chi connectivity index (χ1v) is 7.24. The SMILES string of the molecule is COC(=O)c1ccc(Cl)cc1OCC(=O)Nc1ccc(C)cc1. The van der Waals surface area contributed by atoms with Gasteiger partial charge in [0, 0.05) is 10.7 Å². The third kappa shape index (κ3) is 4.72. The van der Waals surface area contributed by atoms with E-state index in [2.05, 4.69) is 10.1 Å². The minimum absolute atomic E-state index is 0.198. The molecule has 0 saturated heterocycles. The molecule has 2 rings (SSSR count). The Morgan fingerprint density at radius 3 is 2.48 bits per heavy atom. The number of rotatable bonds is 5. The molecule has 0 atom stereocenters. The number of esters is 1. The molecular formula is C17H16ClNO4. The lowest BCUT2D eigenvalue weighted by molar-refractivity contribution is -0.118. The van der Waals surface area contributed by atoms with E-state index in [0.717, 1.165) is 5.56 Å². The fourth-order valence-electron chi connectivity index (χ4n) is 1.87. The van der Waals surface area contributed by atoms with Gasteiger partial charge < -0.3 is 14.8 Å². The summed E-state index contributed by atoms with van der Waals surface area (Å²) in [5.74, 6) is -0.705. The van der Waals surface area contributed by atoms with Crippen molar-refractivity contribution < 1.29 is 19.1 Å². The molecule has 0 heterocycles. The van der Waals surface area contributed by atoms with Gasteiger partial charge in [-0.3, -0.25) is 4.79 Å². The van der Waals surface area contributed by atoms with Crippen molar-refractivity contribution in [2.45, 2.75) is 6.92 Å². The highest BCUT2D eigenvalue weighted by molar-refractivity contribution is 6.30. The molecule has 2 aromatic rings. The third-order valence-corrected chi connectivity index (χ3v) is 3.28. The normalized spacial score (nSPS) is 10.0. The van der Waals surface area contributed by atoms with E-state index in [1.54, 1.807) is 18.2 Å². The van der Waals surface area contributed by atoms with Crippen molar-refractivity contribution in [3.8, 4) is 5.75 Å². The van der Waals surface area contributed by atoms with Crippen molar-refractivity contribution in [2.24, 2.45) is 0 Å². The molecule has 1 amide bonds.